The van der Waals surface area contributed by atoms with Crippen molar-refractivity contribution in [3.8, 4) is 0 Å². The lowest BCUT2D eigenvalue weighted by molar-refractivity contribution is 0.0141. The van der Waals surface area contributed by atoms with Crippen molar-refractivity contribution in [2.24, 2.45) is 18.9 Å². The molecule has 9 heteroatoms. The first-order valence-corrected chi connectivity index (χ1v) is 9.63. The summed E-state index contributed by atoms with van der Waals surface area (Å²) < 4.78 is 21.3. The molecule has 1 spiro atoms. The second-order valence-corrected chi connectivity index (χ2v) is 8.11. The van der Waals surface area contributed by atoms with Gasteiger partial charge in [-0.2, -0.15) is 0 Å². The van der Waals surface area contributed by atoms with Gasteiger partial charge in [0.25, 0.3) is 5.91 Å². The van der Waals surface area contributed by atoms with Gasteiger partial charge in [0.1, 0.15) is 5.69 Å². The highest BCUT2D eigenvalue weighted by atomic mass is 19.1. The molecule has 1 amide bonds. The van der Waals surface area contributed by atoms with Gasteiger partial charge in [-0.3, -0.25) is 4.79 Å². The summed E-state index contributed by atoms with van der Waals surface area (Å²) in [5, 5.41) is 3.09. The van der Waals surface area contributed by atoms with Crippen molar-refractivity contribution >= 4 is 11.9 Å². The van der Waals surface area contributed by atoms with E-state index in [0.717, 1.165) is 25.1 Å². The number of carbonyl (C=O) groups is 1. The molecule has 5 heterocycles. The van der Waals surface area contributed by atoms with Crippen LogP contribution in [0.3, 0.4) is 0 Å². The second-order valence-electron chi connectivity index (χ2n) is 8.11. The first-order chi connectivity index (χ1) is 13.5. The molecule has 5 rings (SSSR count). The lowest BCUT2D eigenvalue weighted by atomic mass is 9.73. The van der Waals surface area contributed by atoms with Crippen LogP contribution < -0.4 is 10.2 Å². The standard InChI is InChI=1S/C19H23FN6O2/c1-11-16(25(2)10-24-11)17(27)21-7-13-14-8-26(18-22-5-12(20)6-23-18)9-19(14)4-3-15(13)28-19/h5-6,10,13-15H,3-4,7-9H2,1-2H3,(H,21,27)/t13-,14+,15+,19+/m0/s1. The fraction of sp³-hybridized carbons (Fsp3) is 0.579. The minimum Gasteiger partial charge on any atom is -0.369 e. The molecule has 148 valence electrons. The number of anilines is 1. The van der Waals surface area contributed by atoms with E-state index in [4.69, 9.17) is 4.74 Å². The van der Waals surface area contributed by atoms with E-state index in [2.05, 4.69) is 25.2 Å². The van der Waals surface area contributed by atoms with Crippen molar-refractivity contribution in [1.29, 1.82) is 0 Å². The number of hydrogen-bond acceptors (Lipinski definition) is 6. The number of imidazole rings is 1. The number of nitrogens with one attached hydrogen (secondary N) is 1. The van der Waals surface area contributed by atoms with E-state index in [9.17, 15) is 9.18 Å². The molecule has 2 aromatic heterocycles. The van der Waals surface area contributed by atoms with E-state index in [1.165, 1.54) is 12.4 Å². The predicted octanol–water partition coefficient (Wildman–Crippen LogP) is 1.07. The quantitative estimate of drug-likeness (QED) is 0.846. The average molecular weight is 386 g/mol. The summed E-state index contributed by atoms with van der Waals surface area (Å²) in [6.45, 7) is 3.87. The lowest BCUT2D eigenvalue weighted by Gasteiger charge is -2.29. The number of aryl methyl sites for hydroxylation is 2. The summed E-state index contributed by atoms with van der Waals surface area (Å²) in [6.07, 6.45) is 6.22. The first-order valence-electron chi connectivity index (χ1n) is 9.63. The Labute approximate surface area is 162 Å². The minimum atomic E-state index is -0.440. The summed E-state index contributed by atoms with van der Waals surface area (Å²) in [7, 11) is 1.82. The Hall–Kier alpha value is -2.55. The van der Waals surface area contributed by atoms with Gasteiger partial charge in [-0.25, -0.2) is 19.3 Å². The van der Waals surface area contributed by atoms with Crippen LogP contribution in [0.5, 0.6) is 0 Å². The molecule has 8 nitrogen and oxygen atoms in total. The third-order valence-electron chi connectivity index (χ3n) is 6.51. The van der Waals surface area contributed by atoms with Crippen LogP contribution >= 0.6 is 0 Å². The predicted molar refractivity (Wildman–Crippen MR) is 98.3 cm³/mol. The van der Waals surface area contributed by atoms with E-state index in [0.29, 0.717) is 30.6 Å². The normalized spacial score (nSPS) is 30.7. The van der Waals surface area contributed by atoms with E-state index >= 15 is 0 Å². The van der Waals surface area contributed by atoms with Crippen LogP contribution in [0.1, 0.15) is 29.0 Å². The molecule has 0 aromatic carbocycles. The first kappa shape index (κ1) is 17.5. The summed E-state index contributed by atoms with van der Waals surface area (Å²) in [4.78, 5) is 27.1. The Kier molecular flexibility index (Phi) is 3.90. The molecule has 3 aliphatic rings. The number of rotatable bonds is 4. The third kappa shape index (κ3) is 2.60. The third-order valence-corrected chi connectivity index (χ3v) is 6.51. The summed E-state index contributed by atoms with van der Waals surface area (Å²) in [5.74, 6) is 0.533. The summed E-state index contributed by atoms with van der Waals surface area (Å²) in [5.41, 5.74) is 1.10. The van der Waals surface area contributed by atoms with Gasteiger partial charge in [0.05, 0.1) is 42.7 Å². The van der Waals surface area contributed by atoms with Crippen molar-refractivity contribution < 1.29 is 13.9 Å². The van der Waals surface area contributed by atoms with Crippen molar-refractivity contribution in [2.45, 2.75) is 31.5 Å². The Balaban J connectivity index is 1.30. The largest absolute Gasteiger partial charge is 0.369 e. The van der Waals surface area contributed by atoms with Gasteiger partial charge in [-0.1, -0.05) is 0 Å². The topological polar surface area (TPSA) is 85.2 Å². The van der Waals surface area contributed by atoms with Crippen molar-refractivity contribution in [3.05, 3.63) is 35.9 Å². The summed E-state index contributed by atoms with van der Waals surface area (Å²) in [6, 6.07) is 0. The van der Waals surface area contributed by atoms with Crippen LogP contribution in [0, 0.1) is 24.6 Å². The number of amides is 1. The molecule has 0 aliphatic carbocycles. The Morgan fingerprint density at radius 3 is 2.89 bits per heavy atom. The van der Waals surface area contributed by atoms with Crippen LogP contribution in [0.25, 0.3) is 0 Å². The highest BCUT2D eigenvalue weighted by molar-refractivity contribution is 5.93. The number of aromatic nitrogens is 4. The smallest absolute Gasteiger partial charge is 0.269 e. The average Bonchev–Trinajstić information content (AvgIpc) is 3.40. The van der Waals surface area contributed by atoms with Gasteiger partial charge in [0.15, 0.2) is 5.82 Å². The SMILES string of the molecule is Cc1ncn(C)c1C(=O)NC[C@H]1[C@H]2CN(c3ncc(F)cn3)C[C@]23CC[C@H]1O3. The number of fused-ring (bicyclic) bond motifs is 1. The second kappa shape index (κ2) is 6.23. The van der Waals surface area contributed by atoms with Gasteiger partial charge in [0.2, 0.25) is 5.95 Å². The van der Waals surface area contributed by atoms with Crippen LogP contribution in [-0.2, 0) is 11.8 Å². The molecule has 0 radical (unpaired) electrons. The van der Waals surface area contributed by atoms with Gasteiger partial charge in [0, 0.05) is 32.0 Å². The fourth-order valence-corrected chi connectivity index (χ4v) is 5.25. The Morgan fingerprint density at radius 2 is 2.18 bits per heavy atom. The highest BCUT2D eigenvalue weighted by Crippen LogP contribution is 2.54. The maximum atomic E-state index is 13.1. The van der Waals surface area contributed by atoms with Gasteiger partial charge >= 0.3 is 0 Å². The van der Waals surface area contributed by atoms with Crippen LogP contribution in [0.4, 0.5) is 10.3 Å². The van der Waals surface area contributed by atoms with E-state index in [1.54, 1.807) is 10.9 Å². The van der Waals surface area contributed by atoms with E-state index in [1.807, 2.05) is 14.0 Å². The Bertz CT molecular complexity index is 896. The zero-order valence-corrected chi connectivity index (χ0v) is 15.9. The zero-order chi connectivity index (χ0) is 19.5. The molecule has 3 saturated heterocycles. The van der Waals surface area contributed by atoms with Crippen molar-refractivity contribution in [3.63, 3.8) is 0 Å². The minimum absolute atomic E-state index is 0.106. The molecule has 28 heavy (non-hydrogen) atoms. The number of hydrogen-bond donors (Lipinski definition) is 1. The number of ether oxygens (including phenoxy) is 1. The maximum Gasteiger partial charge on any atom is 0.269 e. The van der Waals surface area contributed by atoms with E-state index in [-0.39, 0.29) is 23.5 Å². The van der Waals surface area contributed by atoms with Crippen molar-refractivity contribution in [2.75, 3.05) is 24.5 Å². The molecule has 4 atom stereocenters. The summed E-state index contributed by atoms with van der Waals surface area (Å²) >= 11 is 0. The fourth-order valence-electron chi connectivity index (χ4n) is 5.25. The molecular weight excluding hydrogens is 363 g/mol. The molecule has 2 aromatic rings. The molecular formula is C19H23FN6O2. The van der Waals surface area contributed by atoms with Gasteiger partial charge < -0.3 is 19.5 Å². The number of nitrogens with zero attached hydrogens (tertiary/aromatic N) is 5. The number of halogens is 1. The monoisotopic (exact) mass is 386 g/mol. The van der Waals surface area contributed by atoms with E-state index < -0.39 is 5.82 Å². The Morgan fingerprint density at radius 1 is 1.39 bits per heavy atom. The van der Waals surface area contributed by atoms with Gasteiger partial charge in [-0.15, -0.1) is 0 Å². The molecule has 2 bridgehead atoms. The molecule has 0 unspecified atom stereocenters. The van der Waals surface area contributed by atoms with Crippen LogP contribution in [0.15, 0.2) is 18.7 Å². The molecule has 1 N–H and O–H groups in total. The highest BCUT2D eigenvalue weighted by Gasteiger charge is 2.63. The number of carbonyl (C=O) groups excluding carboxylic acids is 1. The molecule has 0 saturated carbocycles. The van der Waals surface area contributed by atoms with Gasteiger partial charge in [-0.05, 0) is 19.8 Å². The van der Waals surface area contributed by atoms with Crippen LogP contribution in [-0.4, -0.2) is 56.8 Å². The van der Waals surface area contributed by atoms with Crippen molar-refractivity contribution in [1.82, 2.24) is 24.8 Å². The zero-order valence-electron chi connectivity index (χ0n) is 15.9. The van der Waals surface area contributed by atoms with Crippen LogP contribution in [0.2, 0.25) is 0 Å². The maximum absolute atomic E-state index is 13.1. The molecule has 3 aliphatic heterocycles. The lowest BCUT2D eigenvalue weighted by Crippen LogP contribution is -2.42. The molecule has 3 fully saturated rings.